The van der Waals surface area contributed by atoms with Gasteiger partial charge in [0.2, 0.25) is 4.33 Å². The first-order valence-corrected chi connectivity index (χ1v) is 6.77. The summed E-state index contributed by atoms with van der Waals surface area (Å²) in [6, 6.07) is 0. The van der Waals surface area contributed by atoms with Crippen molar-refractivity contribution in [3.05, 3.63) is 0 Å². The Balaban J connectivity index is 2.12. The van der Waals surface area contributed by atoms with Crippen molar-refractivity contribution in [3.63, 3.8) is 0 Å². The van der Waals surface area contributed by atoms with Crippen molar-refractivity contribution < 1.29 is 9.53 Å². The Morgan fingerprint density at radius 3 is 2.44 bits per heavy atom. The zero-order valence-corrected chi connectivity index (χ0v) is 11.1. The summed E-state index contributed by atoms with van der Waals surface area (Å²) >= 11 is 12.2. The average molecular weight is 265 g/mol. The lowest BCUT2D eigenvalue weighted by Crippen LogP contribution is -2.38. The van der Waals surface area contributed by atoms with Crippen molar-refractivity contribution >= 4 is 29.0 Å². The fourth-order valence-electron chi connectivity index (χ4n) is 3.18. The molecule has 0 heterocycles. The molecule has 2 atom stereocenters. The molecule has 0 amide bonds. The molecule has 2 saturated carbocycles. The van der Waals surface area contributed by atoms with E-state index in [2.05, 4.69) is 0 Å². The van der Waals surface area contributed by atoms with Gasteiger partial charge in [-0.3, -0.25) is 4.79 Å². The second-order valence-corrected chi connectivity index (χ2v) is 6.35. The minimum atomic E-state index is -1.32. The third kappa shape index (κ3) is 2.12. The molecule has 4 heteroatoms. The molecule has 0 radical (unpaired) electrons. The molecule has 2 aliphatic carbocycles. The molecule has 0 bridgehead atoms. The van der Waals surface area contributed by atoms with Crippen molar-refractivity contribution in [1.29, 1.82) is 0 Å². The van der Waals surface area contributed by atoms with E-state index in [-0.39, 0.29) is 17.8 Å². The highest BCUT2D eigenvalue weighted by Gasteiger charge is 2.55. The highest BCUT2D eigenvalue weighted by molar-refractivity contribution is 6.59. The summed E-state index contributed by atoms with van der Waals surface area (Å²) in [4.78, 5) is 11.8. The van der Waals surface area contributed by atoms with Crippen LogP contribution >= 0.6 is 23.2 Å². The maximum absolute atomic E-state index is 11.8. The Bertz CT molecular complexity index is 272. The number of carbonyl (C=O) groups excluding carboxylic acids is 1. The molecule has 16 heavy (non-hydrogen) atoms. The van der Waals surface area contributed by atoms with Gasteiger partial charge in [-0.05, 0) is 11.8 Å². The van der Waals surface area contributed by atoms with Gasteiger partial charge >= 0.3 is 0 Å². The summed E-state index contributed by atoms with van der Waals surface area (Å²) in [5.41, 5.74) is 0. The van der Waals surface area contributed by atoms with Crippen LogP contribution in [0.25, 0.3) is 0 Å². The summed E-state index contributed by atoms with van der Waals surface area (Å²) in [7, 11) is 1.60. The zero-order chi connectivity index (χ0) is 11.8. The first-order valence-electron chi connectivity index (χ1n) is 6.01. The van der Waals surface area contributed by atoms with Crippen molar-refractivity contribution in [1.82, 2.24) is 0 Å². The van der Waals surface area contributed by atoms with Gasteiger partial charge in [0.25, 0.3) is 0 Å². The van der Waals surface area contributed by atoms with Crippen molar-refractivity contribution in [2.75, 3.05) is 7.11 Å². The van der Waals surface area contributed by atoms with Crippen LogP contribution in [0.5, 0.6) is 0 Å². The van der Waals surface area contributed by atoms with Crippen LogP contribution in [-0.4, -0.2) is 23.3 Å². The molecule has 2 fully saturated rings. The topological polar surface area (TPSA) is 26.3 Å². The zero-order valence-electron chi connectivity index (χ0n) is 9.55. The molecule has 0 N–H and O–H groups in total. The molecule has 2 aliphatic rings. The SMILES string of the molecule is CO[C@H]1[C@H](C2CCCCC2)CC(=O)C1(Cl)Cl. The van der Waals surface area contributed by atoms with E-state index in [4.69, 9.17) is 27.9 Å². The number of Topliss-reactive ketones (excluding diaryl/α,β-unsaturated/α-hetero) is 1. The molecular weight excluding hydrogens is 247 g/mol. The van der Waals surface area contributed by atoms with Gasteiger partial charge in [0, 0.05) is 13.5 Å². The lowest BCUT2D eigenvalue weighted by Gasteiger charge is -2.32. The molecule has 0 spiro atoms. The number of alkyl halides is 2. The van der Waals surface area contributed by atoms with E-state index in [9.17, 15) is 4.79 Å². The number of methoxy groups -OCH3 is 1. The standard InChI is InChI=1S/C12H18Cl2O2/c1-16-11-9(7-10(15)12(11,13)14)8-5-3-2-4-6-8/h8-9,11H,2-7H2,1H3/t9-,11-/m0/s1. The number of hydrogen-bond donors (Lipinski definition) is 0. The minimum absolute atomic E-state index is 0.0711. The Labute approximate surface area is 107 Å². The number of hydrogen-bond acceptors (Lipinski definition) is 2. The fraction of sp³-hybridized carbons (Fsp3) is 0.917. The summed E-state index contributed by atoms with van der Waals surface area (Å²) in [6.07, 6.45) is 6.33. The molecule has 0 aromatic carbocycles. The lowest BCUT2D eigenvalue weighted by atomic mass is 9.78. The van der Waals surface area contributed by atoms with Gasteiger partial charge in [-0.25, -0.2) is 0 Å². The van der Waals surface area contributed by atoms with Gasteiger partial charge in [-0.15, -0.1) is 0 Å². The first-order chi connectivity index (χ1) is 7.57. The number of ketones is 1. The van der Waals surface area contributed by atoms with Gasteiger partial charge in [-0.2, -0.15) is 0 Å². The third-order valence-electron chi connectivity index (χ3n) is 4.05. The predicted molar refractivity (Wildman–Crippen MR) is 64.9 cm³/mol. The van der Waals surface area contributed by atoms with Gasteiger partial charge in [-0.1, -0.05) is 55.3 Å². The van der Waals surface area contributed by atoms with Gasteiger partial charge in [0.05, 0.1) is 0 Å². The maximum Gasteiger partial charge on any atom is 0.201 e. The molecule has 0 aromatic heterocycles. The lowest BCUT2D eigenvalue weighted by molar-refractivity contribution is -0.118. The fourth-order valence-corrected chi connectivity index (χ4v) is 3.84. The Hall–Kier alpha value is 0.210. The third-order valence-corrected chi connectivity index (χ3v) is 4.90. The van der Waals surface area contributed by atoms with Crippen molar-refractivity contribution in [3.8, 4) is 0 Å². The Morgan fingerprint density at radius 2 is 1.88 bits per heavy atom. The van der Waals surface area contributed by atoms with Crippen LogP contribution < -0.4 is 0 Å². The quantitative estimate of drug-likeness (QED) is 0.716. The molecule has 2 nitrogen and oxygen atoms in total. The van der Waals surface area contributed by atoms with Crippen LogP contribution in [0.2, 0.25) is 0 Å². The predicted octanol–water partition coefficient (Wildman–Crippen LogP) is 3.34. The van der Waals surface area contributed by atoms with Gasteiger partial charge in [0.1, 0.15) is 6.10 Å². The first kappa shape index (κ1) is 12.7. The van der Waals surface area contributed by atoms with Crippen LogP contribution in [0.4, 0.5) is 0 Å². The van der Waals surface area contributed by atoms with E-state index >= 15 is 0 Å². The van der Waals surface area contributed by atoms with Gasteiger partial charge in [0.15, 0.2) is 5.78 Å². The number of rotatable bonds is 2. The molecule has 0 aliphatic heterocycles. The molecule has 0 aromatic rings. The van der Waals surface area contributed by atoms with Crippen LogP contribution in [0.1, 0.15) is 38.5 Å². The van der Waals surface area contributed by atoms with Crippen LogP contribution in [0.3, 0.4) is 0 Å². The largest absolute Gasteiger partial charge is 0.378 e. The number of ether oxygens (including phenoxy) is 1. The monoisotopic (exact) mass is 264 g/mol. The highest BCUT2D eigenvalue weighted by Crippen LogP contribution is 2.48. The van der Waals surface area contributed by atoms with E-state index in [1.807, 2.05) is 0 Å². The Kier molecular flexibility index (Phi) is 3.82. The molecule has 0 unspecified atom stereocenters. The molecule has 92 valence electrons. The minimum Gasteiger partial charge on any atom is -0.378 e. The van der Waals surface area contributed by atoms with Crippen LogP contribution in [-0.2, 0) is 9.53 Å². The van der Waals surface area contributed by atoms with Crippen LogP contribution in [0, 0.1) is 11.8 Å². The maximum atomic E-state index is 11.8. The number of halogens is 2. The highest BCUT2D eigenvalue weighted by atomic mass is 35.5. The van der Waals surface area contributed by atoms with Crippen molar-refractivity contribution in [2.45, 2.75) is 49.0 Å². The normalized spacial score (nSPS) is 35.6. The second-order valence-electron chi connectivity index (χ2n) is 4.97. The van der Waals surface area contributed by atoms with Crippen molar-refractivity contribution in [2.24, 2.45) is 11.8 Å². The summed E-state index contributed by atoms with van der Waals surface area (Å²) < 4.78 is 4.06. The average Bonchev–Trinajstić information content (AvgIpc) is 2.51. The number of carbonyl (C=O) groups is 1. The molecular formula is C12H18Cl2O2. The van der Waals surface area contributed by atoms with E-state index in [1.54, 1.807) is 7.11 Å². The molecule has 2 rings (SSSR count). The summed E-state index contributed by atoms with van der Waals surface area (Å²) in [5.74, 6) is 0.702. The van der Waals surface area contributed by atoms with Crippen LogP contribution in [0.15, 0.2) is 0 Å². The van der Waals surface area contributed by atoms with E-state index in [0.29, 0.717) is 12.3 Å². The van der Waals surface area contributed by atoms with E-state index in [0.717, 1.165) is 0 Å². The summed E-state index contributed by atoms with van der Waals surface area (Å²) in [5, 5.41) is 0. The van der Waals surface area contributed by atoms with Gasteiger partial charge < -0.3 is 4.74 Å². The Morgan fingerprint density at radius 1 is 1.25 bits per heavy atom. The smallest absolute Gasteiger partial charge is 0.201 e. The molecule has 0 saturated heterocycles. The van der Waals surface area contributed by atoms with E-state index in [1.165, 1.54) is 32.1 Å². The van der Waals surface area contributed by atoms with E-state index < -0.39 is 4.33 Å². The second kappa shape index (κ2) is 4.83. The summed E-state index contributed by atoms with van der Waals surface area (Å²) in [6.45, 7) is 0.